The van der Waals surface area contributed by atoms with Gasteiger partial charge < -0.3 is 2.85 Å². The summed E-state index contributed by atoms with van der Waals surface area (Å²) in [6, 6.07) is 0. The molecule has 0 aliphatic heterocycles. The topological polar surface area (TPSA) is 0 Å². The van der Waals surface area contributed by atoms with Crippen LogP contribution in [0.4, 0.5) is 0 Å². The van der Waals surface area contributed by atoms with Crippen molar-refractivity contribution in [1.29, 1.82) is 0 Å². The molecule has 0 atom stereocenters. The molecule has 1 heteroatoms. The Bertz CT molecular complexity index is 243. The van der Waals surface area contributed by atoms with Crippen molar-refractivity contribution in [2.45, 2.75) is 32.6 Å². The minimum atomic E-state index is 0. The van der Waals surface area contributed by atoms with Crippen molar-refractivity contribution in [2.75, 3.05) is 0 Å². The number of allylic oxidation sites excluding steroid dienone is 8. The van der Waals surface area contributed by atoms with E-state index in [1.54, 1.807) is 0 Å². The van der Waals surface area contributed by atoms with E-state index < -0.39 is 0 Å². The van der Waals surface area contributed by atoms with Crippen LogP contribution in [0.25, 0.3) is 0 Å². The Labute approximate surface area is 109 Å². The fourth-order valence-electron chi connectivity index (χ4n) is 1.23. The first kappa shape index (κ1) is 13.8. The Morgan fingerprint density at radius 3 is 2.57 bits per heavy atom. The van der Waals surface area contributed by atoms with E-state index >= 15 is 0 Å². The van der Waals surface area contributed by atoms with Gasteiger partial charge in [-0.2, -0.15) is 12.2 Å². The maximum absolute atomic E-state index is 3.26. The molecule has 2 aliphatic carbocycles. The third kappa shape index (κ3) is 6.31. The van der Waals surface area contributed by atoms with Crippen molar-refractivity contribution >= 4 is 0 Å². The Morgan fingerprint density at radius 2 is 2.21 bits per heavy atom. The zero-order chi connectivity index (χ0) is 9.36. The maximum atomic E-state index is 3.26. The maximum Gasteiger partial charge on any atom is 4.00 e. The van der Waals surface area contributed by atoms with Gasteiger partial charge in [-0.1, -0.05) is 19.8 Å². The van der Waals surface area contributed by atoms with Gasteiger partial charge in [-0.25, -0.2) is 23.8 Å². The Kier molecular flexibility index (Phi) is 9.27. The third-order valence-electron chi connectivity index (χ3n) is 1.87. The molecule has 0 amide bonds. The fourth-order valence-corrected chi connectivity index (χ4v) is 1.23. The second-order valence-electron chi connectivity index (χ2n) is 3.06. The van der Waals surface area contributed by atoms with Crippen molar-refractivity contribution in [3.05, 3.63) is 48.1 Å². The standard InChI is InChI=1S/C8H11.C5H5.Hf.2H/c1-2-5-8-6-3-4-7-8;1-2-4-5-3-1;;;/h3,6H,2,4-5H2,1H3;1-3H,4H2;;;/q2*-1;+4;2*-1. The van der Waals surface area contributed by atoms with E-state index in [2.05, 4.69) is 37.3 Å². The predicted octanol–water partition coefficient (Wildman–Crippen LogP) is 4.00. The molecule has 2 rings (SSSR count). The van der Waals surface area contributed by atoms with Crippen LogP contribution in [0, 0.1) is 12.2 Å². The van der Waals surface area contributed by atoms with Gasteiger partial charge in [0.1, 0.15) is 0 Å². The predicted molar refractivity (Wildman–Crippen MR) is 59.2 cm³/mol. The van der Waals surface area contributed by atoms with Gasteiger partial charge in [0.05, 0.1) is 0 Å². The number of hydrogen-bond acceptors (Lipinski definition) is 0. The van der Waals surface area contributed by atoms with Crippen molar-refractivity contribution < 1.29 is 28.7 Å². The zero-order valence-corrected chi connectivity index (χ0v) is 12.3. The van der Waals surface area contributed by atoms with Crippen LogP contribution in [-0.2, 0) is 25.8 Å². The molecule has 0 radical (unpaired) electrons. The summed E-state index contributed by atoms with van der Waals surface area (Å²) in [7, 11) is 0. The van der Waals surface area contributed by atoms with Crippen LogP contribution in [0.1, 0.15) is 35.5 Å². The Balaban J connectivity index is -0.000000189. The van der Waals surface area contributed by atoms with E-state index in [9.17, 15) is 0 Å². The van der Waals surface area contributed by atoms with Crippen LogP contribution in [0.3, 0.4) is 0 Å². The van der Waals surface area contributed by atoms with Crippen LogP contribution in [0.5, 0.6) is 0 Å². The van der Waals surface area contributed by atoms with Gasteiger partial charge >= 0.3 is 25.8 Å². The van der Waals surface area contributed by atoms with Crippen LogP contribution >= 0.6 is 0 Å². The summed E-state index contributed by atoms with van der Waals surface area (Å²) < 4.78 is 0. The van der Waals surface area contributed by atoms with E-state index in [-0.39, 0.29) is 28.7 Å². The largest absolute Gasteiger partial charge is 4.00 e. The van der Waals surface area contributed by atoms with Gasteiger partial charge in [0.2, 0.25) is 0 Å². The fraction of sp³-hybridized carbons (Fsp3) is 0.385. The quantitative estimate of drug-likeness (QED) is 0.520. The minimum Gasteiger partial charge on any atom is -1.00 e. The van der Waals surface area contributed by atoms with Gasteiger partial charge in [0.25, 0.3) is 0 Å². The molecule has 0 aromatic heterocycles. The Hall–Kier alpha value is -0.170. The van der Waals surface area contributed by atoms with Crippen molar-refractivity contribution in [2.24, 2.45) is 0 Å². The average Bonchev–Trinajstić information content (AvgIpc) is 2.79. The van der Waals surface area contributed by atoms with Crippen molar-refractivity contribution in [3.63, 3.8) is 0 Å². The van der Waals surface area contributed by atoms with E-state index in [1.807, 2.05) is 12.2 Å². The monoisotopic (exact) mass is 354 g/mol. The summed E-state index contributed by atoms with van der Waals surface area (Å²) in [5.74, 6) is 0. The molecule has 2 aliphatic rings. The molecule has 0 saturated heterocycles. The van der Waals surface area contributed by atoms with Crippen LogP contribution in [0.15, 0.2) is 36.0 Å². The molecule has 14 heavy (non-hydrogen) atoms. The molecule has 0 unspecified atom stereocenters. The van der Waals surface area contributed by atoms with Gasteiger partial charge in [0.15, 0.2) is 0 Å². The Morgan fingerprint density at radius 1 is 1.36 bits per heavy atom. The molecular formula is C13H18Hf. The molecule has 0 fully saturated rings. The molecule has 0 heterocycles. The van der Waals surface area contributed by atoms with Crippen LogP contribution < -0.4 is 0 Å². The van der Waals surface area contributed by atoms with Gasteiger partial charge in [0, 0.05) is 0 Å². The number of hydrogen-bond donors (Lipinski definition) is 0. The molecule has 0 aromatic carbocycles. The summed E-state index contributed by atoms with van der Waals surface area (Å²) in [4.78, 5) is 0. The van der Waals surface area contributed by atoms with Gasteiger partial charge in [-0.15, -0.1) is 12.8 Å². The molecule has 0 N–H and O–H groups in total. The summed E-state index contributed by atoms with van der Waals surface area (Å²) in [6.07, 6.45) is 21.1. The van der Waals surface area contributed by atoms with Crippen LogP contribution in [0.2, 0.25) is 0 Å². The summed E-state index contributed by atoms with van der Waals surface area (Å²) in [6.45, 7) is 2.20. The van der Waals surface area contributed by atoms with E-state index in [0.29, 0.717) is 0 Å². The molecule has 0 aromatic rings. The minimum absolute atomic E-state index is 0. The van der Waals surface area contributed by atoms with E-state index in [0.717, 1.165) is 12.8 Å². The molecule has 0 saturated carbocycles. The molecular weight excluding hydrogens is 335 g/mol. The van der Waals surface area contributed by atoms with Gasteiger partial charge in [-0.05, 0) is 0 Å². The van der Waals surface area contributed by atoms with E-state index in [1.165, 1.54) is 18.4 Å². The molecule has 0 bridgehead atoms. The third-order valence-corrected chi connectivity index (χ3v) is 1.87. The summed E-state index contributed by atoms with van der Waals surface area (Å²) in [5.41, 5.74) is 1.40. The van der Waals surface area contributed by atoms with Crippen molar-refractivity contribution in [3.8, 4) is 0 Å². The first-order valence-corrected chi connectivity index (χ1v) is 4.91. The number of rotatable bonds is 2. The second kappa shape index (κ2) is 9.39. The molecule has 0 spiro atoms. The molecule has 0 nitrogen and oxygen atoms in total. The smallest absolute Gasteiger partial charge is 1.00 e. The first-order valence-electron chi connectivity index (χ1n) is 4.91. The summed E-state index contributed by atoms with van der Waals surface area (Å²) in [5, 5.41) is 0. The second-order valence-corrected chi connectivity index (χ2v) is 3.06. The van der Waals surface area contributed by atoms with E-state index in [4.69, 9.17) is 0 Å². The summed E-state index contributed by atoms with van der Waals surface area (Å²) >= 11 is 0. The van der Waals surface area contributed by atoms with Crippen molar-refractivity contribution in [1.82, 2.24) is 0 Å². The molecule has 74 valence electrons. The average molecular weight is 353 g/mol. The van der Waals surface area contributed by atoms with Gasteiger partial charge in [-0.3, -0.25) is 12.2 Å². The SMILES string of the molecule is CCCC1=[C-]CC=C1.[C-]1=CC=CC1.[H-].[H-].[Hf+4]. The normalized spacial score (nSPS) is 15.9. The first-order chi connectivity index (χ1) is 6.43. The zero-order valence-electron chi connectivity index (χ0n) is 10.7. The van der Waals surface area contributed by atoms with Crippen LogP contribution in [-0.4, -0.2) is 0 Å².